The molecule has 8 heteroatoms. The second kappa shape index (κ2) is 8.38. The fourth-order valence-corrected chi connectivity index (χ4v) is 4.56. The molecule has 2 aromatic carbocycles. The van der Waals surface area contributed by atoms with Crippen LogP contribution in [-0.4, -0.2) is 18.4 Å². The highest BCUT2D eigenvalue weighted by atomic mass is 35.5. The maximum absolute atomic E-state index is 13.4. The zero-order valence-corrected chi connectivity index (χ0v) is 17.2. The van der Waals surface area contributed by atoms with Crippen molar-refractivity contribution in [2.75, 3.05) is 16.8 Å². The van der Waals surface area contributed by atoms with Crippen LogP contribution in [0.4, 0.5) is 24.5 Å². The first-order chi connectivity index (χ1) is 14.8. The number of piperidine rings is 1. The largest absolute Gasteiger partial charge is 0.418 e. The van der Waals surface area contributed by atoms with Crippen molar-refractivity contribution in [2.24, 2.45) is 17.8 Å². The van der Waals surface area contributed by atoms with Crippen molar-refractivity contribution in [3.8, 4) is 0 Å². The third-order valence-corrected chi connectivity index (χ3v) is 6.09. The molecule has 0 spiro atoms. The Morgan fingerprint density at radius 3 is 2.58 bits per heavy atom. The van der Waals surface area contributed by atoms with Crippen LogP contribution in [0.2, 0.25) is 5.02 Å². The minimum Gasteiger partial charge on any atom is -0.325 e. The highest BCUT2D eigenvalue weighted by molar-refractivity contribution is 6.30. The second-order valence-corrected chi connectivity index (χ2v) is 8.19. The predicted octanol–water partition coefficient (Wildman–Crippen LogP) is 5.54. The molecule has 0 unspecified atom stereocenters. The molecule has 162 valence electrons. The zero-order chi connectivity index (χ0) is 22.2. The van der Waals surface area contributed by atoms with Gasteiger partial charge in [-0.3, -0.25) is 9.59 Å². The van der Waals surface area contributed by atoms with E-state index in [9.17, 15) is 22.8 Å². The average molecular weight is 449 g/mol. The van der Waals surface area contributed by atoms with Gasteiger partial charge in [-0.05, 0) is 49.1 Å². The number of benzene rings is 2. The SMILES string of the molecule is O=C(Nc1ccc(Cl)cc1C(F)(F)F)[C@H]1CC=C[C@H]2CCN(c3ccccc3)C(=O)[C@@H]12. The second-order valence-electron chi connectivity index (χ2n) is 7.75. The summed E-state index contributed by atoms with van der Waals surface area (Å²) < 4.78 is 40.2. The Kier molecular flexibility index (Phi) is 5.79. The van der Waals surface area contributed by atoms with Crippen molar-refractivity contribution in [2.45, 2.75) is 19.0 Å². The van der Waals surface area contributed by atoms with Crippen LogP contribution in [0.3, 0.4) is 0 Å². The molecule has 2 aliphatic rings. The van der Waals surface area contributed by atoms with E-state index in [1.807, 2.05) is 42.5 Å². The van der Waals surface area contributed by atoms with Crippen molar-refractivity contribution >= 4 is 34.8 Å². The summed E-state index contributed by atoms with van der Waals surface area (Å²) >= 11 is 5.72. The van der Waals surface area contributed by atoms with E-state index < -0.39 is 29.5 Å². The van der Waals surface area contributed by atoms with E-state index in [2.05, 4.69) is 5.32 Å². The number of anilines is 2. The topological polar surface area (TPSA) is 49.4 Å². The lowest BCUT2D eigenvalue weighted by Gasteiger charge is -2.41. The lowest BCUT2D eigenvalue weighted by Crippen LogP contribution is -2.51. The van der Waals surface area contributed by atoms with Gasteiger partial charge in [0.2, 0.25) is 11.8 Å². The normalized spacial score (nSPS) is 23.4. The van der Waals surface area contributed by atoms with Crippen LogP contribution >= 0.6 is 11.6 Å². The Morgan fingerprint density at radius 2 is 1.87 bits per heavy atom. The van der Waals surface area contributed by atoms with Crippen LogP contribution < -0.4 is 10.2 Å². The van der Waals surface area contributed by atoms with Gasteiger partial charge in [-0.1, -0.05) is 42.0 Å². The van der Waals surface area contributed by atoms with Gasteiger partial charge in [0.1, 0.15) is 0 Å². The van der Waals surface area contributed by atoms with E-state index in [4.69, 9.17) is 11.6 Å². The number of rotatable bonds is 3. The van der Waals surface area contributed by atoms with Gasteiger partial charge in [-0.15, -0.1) is 0 Å². The van der Waals surface area contributed by atoms with E-state index in [-0.39, 0.29) is 29.0 Å². The first kappa shape index (κ1) is 21.4. The van der Waals surface area contributed by atoms with Gasteiger partial charge in [-0.2, -0.15) is 13.2 Å². The molecule has 0 radical (unpaired) electrons. The smallest absolute Gasteiger partial charge is 0.325 e. The monoisotopic (exact) mass is 448 g/mol. The standard InChI is InChI=1S/C23H20ClF3N2O2/c24-15-9-10-19(18(13-15)23(25,26)27)28-21(30)17-8-4-5-14-11-12-29(22(31)20(14)17)16-6-2-1-3-7-16/h1-7,9-10,13-14,17,20H,8,11-12H2,(H,28,30)/t14-,17-,20+/m0/s1. The summed E-state index contributed by atoms with van der Waals surface area (Å²) in [6.07, 6.45) is 0.0748. The maximum Gasteiger partial charge on any atom is 0.418 e. The minimum atomic E-state index is -4.67. The molecule has 1 saturated heterocycles. The van der Waals surface area contributed by atoms with Crippen molar-refractivity contribution in [1.82, 2.24) is 0 Å². The van der Waals surface area contributed by atoms with Gasteiger partial charge in [0.05, 0.1) is 23.1 Å². The molecule has 0 aromatic heterocycles. The summed E-state index contributed by atoms with van der Waals surface area (Å²) in [5.74, 6) is -2.29. The maximum atomic E-state index is 13.4. The van der Waals surface area contributed by atoms with Crippen LogP contribution in [0.25, 0.3) is 0 Å². The Balaban J connectivity index is 1.60. The molecule has 0 saturated carbocycles. The molecule has 1 aliphatic heterocycles. The van der Waals surface area contributed by atoms with E-state index in [0.717, 1.165) is 17.8 Å². The van der Waals surface area contributed by atoms with E-state index >= 15 is 0 Å². The summed E-state index contributed by atoms with van der Waals surface area (Å²) in [7, 11) is 0. The molecule has 3 atom stereocenters. The Labute approximate surface area is 182 Å². The number of amides is 2. The van der Waals surface area contributed by atoms with Crippen LogP contribution in [0.15, 0.2) is 60.7 Å². The lowest BCUT2D eigenvalue weighted by molar-refractivity contribution is -0.137. The number of carbonyl (C=O) groups is 2. The van der Waals surface area contributed by atoms with E-state index in [1.54, 1.807) is 4.90 Å². The number of nitrogens with zero attached hydrogens (tertiary/aromatic N) is 1. The van der Waals surface area contributed by atoms with E-state index in [0.29, 0.717) is 13.0 Å². The Hall–Kier alpha value is -2.80. The molecule has 1 heterocycles. The number of nitrogens with one attached hydrogen (secondary N) is 1. The molecule has 4 nitrogen and oxygen atoms in total. The number of carbonyl (C=O) groups excluding carboxylic acids is 2. The van der Waals surface area contributed by atoms with Gasteiger partial charge in [0.15, 0.2) is 0 Å². The molecule has 2 aromatic rings. The number of halogens is 4. The molecule has 0 bridgehead atoms. The van der Waals surface area contributed by atoms with Gasteiger partial charge in [0, 0.05) is 17.3 Å². The molecular formula is C23H20ClF3N2O2. The van der Waals surface area contributed by atoms with Gasteiger partial charge >= 0.3 is 6.18 Å². The summed E-state index contributed by atoms with van der Waals surface area (Å²) in [6.45, 7) is 0.526. The van der Waals surface area contributed by atoms with Crippen LogP contribution in [0.1, 0.15) is 18.4 Å². The zero-order valence-electron chi connectivity index (χ0n) is 16.4. The first-order valence-electron chi connectivity index (χ1n) is 9.96. The summed E-state index contributed by atoms with van der Waals surface area (Å²) in [6, 6.07) is 12.4. The van der Waals surface area contributed by atoms with Crippen molar-refractivity contribution < 1.29 is 22.8 Å². The fourth-order valence-electron chi connectivity index (χ4n) is 4.38. The number of allylic oxidation sites excluding steroid dienone is 2. The van der Waals surface area contributed by atoms with Crippen molar-refractivity contribution in [3.05, 3.63) is 71.3 Å². The summed E-state index contributed by atoms with van der Waals surface area (Å²) in [5, 5.41) is 2.32. The highest BCUT2D eigenvalue weighted by Gasteiger charge is 2.45. The van der Waals surface area contributed by atoms with Crippen molar-refractivity contribution in [3.63, 3.8) is 0 Å². The van der Waals surface area contributed by atoms with E-state index in [1.165, 1.54) is 6.07 Å². The van der Waals surface area contributed by atoms with Gasteiger partial charge in [-0.25, -0.2) is 0 Å². The average Bonchev–Trinajstić information content (AvgIpc) is 2.74. The molecule has 2 amide bonds. The third-order valence-electron chi connectivity index (χ3n) is 5.85. The highest BCUT2D eigenvalue weighted by Crippen LogP contribution is 2.41. The molecule has 1 aliphatic carbocycles. The molecular weight excluding hydrogens is 429 g/mol. The first-order valence-corrected chi connectivity index (χ1v) is 10.3. The Morgan fingerprint density at radius 1 is 1.13 bits per heavy atom. The predicted molar refractivity (Wildman–Crippen MR) is 113 cm³/mol. The molecule has 1 N–H and O–H groups in total. The van der Waals surface area contributed by atoms with Crippen molar-refractivity contribution in [1.29, 1.82) is 0 Å². The number of hydrogen-bond donors (Lipinski definition) is 1. The Bertz CT molecular complexity index is 1020. The van der Waals surface area contributed by atoms with Gasteiger partial charge in [0.25, 0.3) is 0 Å². The number of alkyl halides is 3. The third kappa shape index (κ3) is 4.32. The summed E-state index contributed by atoms with van der Waals surface area (Å²) in [4.78, 5) is 28.0. The molecule has 1 fully saturated rings. The number of para-hydroxylation sites is 1. The summed E-state index contributed by atoms with van der Waals surface area (Å²) in [5.41, 5.74) is -0.634. The number of hydrogen-bond acceptors (Lipinski definition) is 2. The van der Waals surface area contributed by atoms with Gasteiger partial charge < -0.3 is 10.2 Å². The number of fused-ring (bicyclic) bond motifs is 1. The minimum absolute atomic E-state index is 0.0769. The molecule has 4 rings (SSSR count). The lowest BCUT2D eigenvalue weighted by atomic mass is 9.71. The van der Waals surface area contributed by atoms with Crippen LogP contribution in [0.5, 0.6) is 0 Å². The quantitative estimate of drug-likeness (QED) is 0.626. The van der Waals surface area contributed by atoms with Crippen LogP contribution in [-0.2, 0) is 15.8 Å². The fraction of sp³-hybridized carbons (Fsp3) is 0.304. The molecule has 31 heavy (non-hydrogen) atoms. The van der Waals surface area contributed by atoms with Crippen LogP contribution in [0, 0.1) is 17.8 Å².